The molecule has 1 saturated heterocycles. The predicted molar refractivity (Wildman–Crippen MR) is 78.9 cm³/mol. The number of nitrogens with one attached hydrogen (secondary N) is 1. The number of aromatic nitrogens is 3. The highest BCUT2D eigenvalue weighted by Crippen LogP contribution is 2.28. The van der Waals surface area contributed by atoms with E-state index in [2.05, 4.69) is 26.9 Å². The van der Waals surface area contributed by atoms with Crippen LogP contribution in [0.15, 0.2) is 18.5 Å². The lowest BCUT2D eigenvalue weighted by Gasteiger charge is -2.35. The van der Waals surface area contributed by atoms with Gasteiger partial charge in [-0.2, -0.15) is 0 Å². The van der Waals surface area contributed by atoms with E-state index in [1.807, 2.05) is 6.07 Å². The fraction of sp³-hybridized carbons (Fsp3) is 0.533. The Morgan fingerprint density at radius 3 is 3.14 bits per heavy atom. The fourth-order valence-corrected chi connectivity index (χ4v) is 3.24. The molecular weight excluding hydrogens is 268 g/mol. The monoisotopic (exact) mass is 288 g/mol. The van der Waals surface area contributed by atoms with Gasteiger partial charge in [0, 0.05) is 25.6 Å². The number of fused-ring (bicyclic) bond motifs is 1. The van der Waals surface area contributed by atoms with E-state index < -0.39 is 5.97 Å². The number of rotatable bonds is 4. The minimum atomic E-state index is -0.705. The summed E-state index contributed by atoms with van der Waals surface area (Å²) in [5.74, 6) is 0.774. The summed E-state index contributed by atoms with van der Waals surface area (Å²) in [6, 6.07) is 1.89. The zero-order valence-corrected chi connectivity index (χ0v) is 12.1. The minimum absolute atomic E-state index is 0.227. The molecule has 6 nitrogen and oxygen atoms in total. The van der Waals surface area contributed by atoms with Crippen molar-refractivity contribution in [1.29, 1.82) is 0 Å². The summed E-state index contributed by atoms with van der Waals surface area (Å²) in [5, 5.41) is 9.08. The van der Waals surface area contributed by atoms with E-state index in [1.165, 1.54) is 0 Å². The number of aromatic amines is 1. The van der Waals surface area contributed by atoms with Crippen LogP contribution in [0, 0.1) is 11.8 Å². The predicted octanol–water partition coefficient (Wildman–Crippen LogP) is 1.54. The Kier molecular flexibility index (Phi) is 3.88. The molecule has 3 rings (SSSR count). The summed E-state index contributed by atoms with van der Waals surface area (Å²) in [7, 11) is 2.09. The van der Waals surface area contributed by atoms with Crippen LogP contribution in [0.25, 0.3) is 11.0 Å². The zero-order valence-electron chi connectivity index (χ0n) is 12.1. The van der Waals surface area contributed by atoms with Crippen LogP contribution in [0.2, 0.25) is 0 Å². The molecule has 0 bridgehead atoms. The van der Waals surface area contributed by atoms with Crippen molar-refractivity contribution in [3.8, 4) is 0 Å². The molecule has 2 aromatic rings. The number of imidazole rings is 1. The molecule has 2 N–H and O–H groups in total. The lowest BCUT2D eigenvalue weighted by atomic mass is 9.81. The third kappa shape index (κ3) is 3.21. The van der Waals surface area contributed by atoms with E-state index >= 15 is 0 Å². The number of hydrogen-bond acceptors (Lipinski definition) is 4. The van der Waals surface area contributed by atoms with Gasteiger partial charge in [0.05, 0.1) is 17.2 Å². The number of nitrogens with zero attached hydrogens (tertiary/aromatic N) is 3. The molecule has 1 aliphatic heterocycles. The summed E-state index contributed by atoms with van der Waals surface area (Å²) in [5.41, 5.74) is 1.85. The van der Waals surface area contributed by atoms with E-state index in [9.17, 15) is 4.79 Å². The second kappa shape index (κ2) is 5.81. The van der Waals surface area contributed by atoms with Gasteiger partial charge in [-0.05, 0) is 37.9 Å². The molecule has 0 amide bonds. The van der Waals surface area contributed by atoms with Gasteiger partial charge in [-0.3, -0.25) is 9.78 Å². The number of likely N-dealkylation sites (tertiary alicyclic amines) is 1. The maximum atomic E-state index is 11.0. The van der Waals surface area contributed by atoms with Crippen LogP contribution in [0.1, 0.15) is 18.7 Å². The molecule has 0 aliphatic carbocycles. The largest absolute Gasteiger partial charge is 0.481 e. The average molecular weight is 288 g/mol. The molecule has 3 heterocycles. The molecule has 112 valence electrons. The molecular formula is C15H20N4O2. The highest BCUT2D eigenvalue weighted by Gasteiger charge is 2.30. The van der Waals surface area contributed by atoms with Gasteiger partial charge in [-0.25, -0.2) is 4.98 Å². The van der Waals surface area contributed by atoms with Gasteiger partial charge in [0.15, 0.2) is 0 Å². The molecule has 2 atom stereocenters. The number of H-pyrrole nitrogens is 1. The molecule has 2 aromatic heterocycles. The number of piperidine rings is 1. The Morgan fingerprint density at radius 1 is 1.52 bits per heavy atom. The van der Waals surface area contributed by atoms with E-state index in [1.54, 1.807) is 12.4 Å². The average Bonchev–Trinajstić information content (AvgIpc) is 2.83. The number of carboxylic acids is 1. The maximum Gasteiger partial charge on any atom is 0.303 e. The Bertz CT molecular complexity index is 606. The van der Waals surface area contributed by atoms with Crippen molar-refractivity contribution < 1.29 is 9.90 Å². The van der Waals surface area contributed by atoms with Crippen molar-refractivity contribution >= 4 is 17.0 Å². The van der Waals surface area contributed by atoms with Crippen molar-refractivity contribution in [2.24, 2.45) is 11.8 Å². The van der Waals surface area contributed by atoms with Gasteiger partial charge in [0.25, 0.3) is 0 Å². The summed E-state index contributed by atoms with van der Waals surface area (Å²) in [4.78, 5) is 25.3. The van der Waals surface area contributed by atoms with Crippen molar-refractivity contribution in [2.45, 2.75) is 19.3 Å². The molecule has 0 saturated carbocycles. The Balaban J connectivity index is 1.77. The normalized spacial score (nSPS) is 23.5. The van der Waals surface area contributed by atoms with Crippen LogP contribution in [-0.2, 0) is 11.2 Å². The van der Waals surface area contributed by atoms with Gasteiger partial charge < -0.3 is 15.0 Å². The SMILES string of the molecule is CN1CC[C@@H](CC(=O)O)[C@@H](Cc2nc3ccncc3[nH]2)C1. The topological polar surface area (TPSA) is 82.1 Å². The number of carbonyl (C=O) groups is 1. The van der Waals surface area contributed by atoms with E-state index in [4.69, 9.17) is 5.11 Å². The summed E-state index contributed by atoms with van der Waals surface area (Å²) >= 11 is 0. The van der Waals surface area contributed by atoms with Gasteiger partial charge >= 0.3 is 5.97 Å². The third-order valence-electron chi connectivity index (χ3n) is 4.32. The molecule has 0 unspecified atom stereocenters. The Labute approximate surface area is 123 Å². The molecule has 1 aliphatic rings. The van der Waals surface area contributed by atoms with Crippen molar-refractivity contribution in [2.75, 3.05) is 20.1 Å². The van der Waals surface area contributed by atoms with Crippen LogP contribution < -0.4 is 0 Å². The van der Waals surface area contributed by atoms with Gasteiger partial charge in [0.2, 0.25) is 0 Å². The minimum Gasteiger partial charge on any atom is -0.481 e. The second-order valence-electron chi connectivity index (χ2n) is 5.95. The molecule has 1 fully saturated rings. The lowest BCUT2D eigenvalue weighted by molar-refractivity contribution is -0.139. The third-order valence-corrected chi connectivity index (χ3v) is 4.32. The van der Waals surface area contributed by atoms with Crippen LogP contribution in [-0.4, -0.2) is 51.1 Å². The molecule has 6 heteroatoms. The van der Waals surface area contributed by atoms with Crippen molar-refractivity contribution in [1.82, 2.24) is 19.9 Å². The fourth-order valence-electron chi connectivity index (χ4n) is 3.24. The summed E-state index contributed by atoms with van der Waals surface area (Å²) < 4.78 is 0. The highest BCUT2D eigenvalue weighted by molar-refractivity contribution is 5.73. The molecule has 0 radical (unpaired) electrons. The molecule has 0 spiro atoms. The number of aliphatic carboxylic acids is 1. The van der Waals surface area contributed by atoms with Gasteiger partial charge in [-0.15, -0.1) is 0 Å². The summed E-state index contributed by atoms with van der Waals surface area (Å²) in [6.07, 6.45) is 5.48. The lowest BCUT2D eigenvalue weighted by Crippen LogP contribution is -2.40. The first-order valence-corrected chi connectivity index (χ1v) is 7.31. The van der Waals surface area contributed by atoms with Crippen molar-refractivity contribution in [3.63, 3.8) is 0 Å². The number of pyridine rings is 1. The second-order valence-corrected chi connectivity index (χ2v) is 5.95. The van der Waals surface area contributed by atoms with E-state index in [0.29, 0.717) is 5.92 Å². The first-order chi connectivity index (χ1) is 10.1. The van der Waals surface area contributed by atoms with Crippen LogP contribution in [0.4, 0.5) is 0 Å². The molecule has 0 aromatic carbocycles. The number of hydrogen-bond donors (Lipinski definition) is 2. The van der Waals surface area contributed by atoms with Crippen LogP contribution in [0.5, 0.6) is 0 Å². The smallest absolute Gasteiger partial charge is 0.303 e. The van der Waals surface area contributed by atoms with Crippen LogP contribution >= 0.6 is 0 Å². The Hall–Kier alpha value is -1.95. The van der Waals surface area contributed by atoms with Gasteiger partial charge in [-0.1, -0.05) is 0 Å². The summed E-state index contributed by atoms with van der Waals surface area (Å²) in [6.45, 7) is 1.89. The molecule has 21 heavy (non-hydrogen) atoms. The van der Waals surface area contributed by atoms with Crippen molar-refractivity contribution in [3.05, 3.63) is 24.3 Å². The Morgan fingerprint density at radius 2 is 2.38 bits per heavy atom. The zero-order chi connectivity index (χ0) is 14.8. The first-order valence-electron chi connectivity index (χ1n) is 7.31. The van der Waals surface area contributed by atoms with E-state index in [0.717, 1.165) is 42.8 Å². The van der Waals surface area contributed by atoms with E-state index in [-0.39, 0.29) is 12.3 Å². The first kappa shape index (κ1) is 14.0. The van der Waals surface area contributed by atoms with Gasteiger partial charge in [0.1, 0.15) is 5.82 Å². The highest BCUT2D eigenvalue weighted by atomic mass is 16.4. The van der Waals surface area contributed by atoms with Crippen LogP contribution in [0.3, 0.4) is 0 Å². The maximum absolute atomic E-state index is 11.0. The standard InChI is InChI=1S/C15H20N4O2/c1-19-5-3-10(7-15(20)21)11(9-19)6-14-17-12-2-4-16-8-13(12)18-14/h2,4,8,10-11H,3,5-7,9H2,1H3,(H,17,18)(H,20,21)/t10-,11-/m0/s1. The quantitative estimate of drug-likeness (QED) is 0.892. The number of carboxylic acid groups (broad SMARTS) is 1.